The third-order valence-electron chi connectivity index (χ3n) is 2.18. The van der Waals surface area contributed by atoms with Crippen LogP contribution in [0.3, 0.4) is 0 Å². The van der Waals surface area contributed by atoms with Gasteiger partial charge in [-0.15, -0.1) is 0 Å². The summed E-state index contributed by atoms with van der Waals surface area (Å²) < 4.78 is 1.20. The molecule has 0 aliphatic heterocycles. The normalized spacial score (nSPS) is 10.7. The summed E-state index contributed by atoms with van der Waals surface area (Å²) in [5.41, 5.74) is 0.473. The molecule has 0 unspecified atom stereocenters. The highest BCUT2D eigenvalue weighted by Gasteiger charge is 2.08. The second-order valence-electron chi connectivity index (χ2n) is 3.72. The molecule has 0 aliphatic rings. The number of aromatic amines is 1. The van der Waals surface area contributed by atoms with Gasteiger partial charge in [-0.05, 0) is 6.42 Å². The summed E-state index contributed by atoms with van der Waals surface area (Å²) in [5.74, 6) is 0.228. The average molecular weight is 235 g/mol. The quantitative estimate of drug-likeness (QED) is 0.801. The lowest BCUT2D eigenvalue weighted by molar-refractivity contribution is -0.114. The highest BCUT2D eigenvalue weighted by atomic mass is 16.1. The Kier molecular flexibility index (Phi) is 2.90. The number of fused-ring (bicyclic) bond motifs is 1. The molecule has 7 heteroatoms. The summed E-state index contributed by atoms with van der Waals surface area (Å²) in [6, 6.07) is 1.46. The largest absolute Gasteiger partial charge is 0.295 e. The SMILES string of the molecule is CCCc1cc(=O)n2[nH]c(NC(C)=O)nc2n1. The zero-order valence-corrected chi connectivity index (χ0v) is 9.65. The Balaban J connectivity index is 2.49. The average Bonchev–Trinajstić information content (AvgIpc) is 2.60. The first-order chi connectivity index (χ1) is 8.10. The predicted octanol–water partition coefficient (Wildman–Crippen LogP) is 0.328. The fourth-order valence-corrected chi connectivity index (χ4v) is 1.53. The molecule has 90 valence electrons. The molecule has 7 nitrogen and oxygen atoms in total. The standard InChI is InChI=1S/C10H13N5O2/c1-3-4-7-5-8(17)15-10(12-7)13-9(14-15)11-6(2)16/h5H,3-4H2,1-2H3,(H2,11,12,13,14,16). The van der Waals surface area contributed by atoms with E-state index in [4.69, 9.17) is 0 Å². The fraction of sp³-hybridized carbons (Fsp3) is 0.400. The van der Waals surface area contributed by atoms with Crippen molar-refractivity contribution in [3.8, 4) is 0 Å². The number of rotatable bonds is 3. The molecule has 1 amide bonds. The number of H-pyrrole nitrogens is 1. The summed E-state index contributed by atoms with van der Waals surface area (Å²) in [7, 11) is 0. The number of anilines is 1. The molecule has 0 bridgehead atoms. The lowest BCUT2D eigenvalue weighted by Crippen LogP contribution is -2.16. The maximum atomic E-state index is 11.7. The van der Waals surface area contributed by atoms with Gasteiger partial charge in [-0.25, -0.2) is 4.98 Å². The number of nitrogens with one attached hydrogen (secondary N) is 2. The van der Waals surface area contributed by atoms with Crippen LogP contribution in [0.2, 0.25) is 0 Å². The molecule has 0 fully saturated rings. The van der Waals surface area contributed by atoms with E-state index in [9.17, 15) is 9.59 Å². The molecule has 0 aliphatic carbocycles. The van der Waals surface area contributed by atoms with Crippen LogP contribution in [0.5, 0.6) is 0 Å². The van der Waals surface area contributed by atoms with E-state index in [1.54, 1.807) is 0 Å². The van der Waals surface area contributed by atoms with Gasteiger partial charge in [-0.1, -0.05) is 13.3 Å². The number of aromatic nitrogens is 4. The van der Waals surface area contributed by atoms with Crippen LogP contribution in [0.25, 0.3) is 5.78 Å². The second-order valence-corrected chi connectivity index (χ2v) is 3.72. The van der Waals surface area contributed by atoms with Crippen molar-refractivity contribution in [2.75, 3.05) is 5.32 Å². The monoisotopic (exact) mass is 235 g/mol. The highest BCUT2D eigenvalue weighted by Crippen LogP contribution is 2.03. The van der Waals surface area contributed by atoms with Crippen molar-refractivity contribution in [1.82, 2.24) is 19.6 Å². The third-order valence-corrected chi connectivity index (χ3v) is 2.18. The van der Waals surface area contributed by atoms with Crippen molar-refractivity contribution in [3.63, 3.8) is 0 Å². The maximum Gasteiger partial charge on any atom is 0.274 e. The van der Waals surface area contributed by atoms with Crippen molar-refractivity contribution in [1.29, 1.82) is 0 Å². The van der Waals surface area contributed by atoms with Crippen molar-refractivity contribution >= 4 is 17.6 Å². The van der Waals surface area contributed by atoms with Crippen LogP contribution in [0.4, 0.5) is 5.95 Å². The molecule has 2 rings (SSSR count). The van der Waals surface area contributed by atoms with E-state index in [0.717, 1.165) is 12.8 Å². The Morgan fingerprint density at radius 1 is 1.53 bits per heavy atom. The maximum absolute atomic E-state index is 11.7. The van der Waals surface area contributed by atoms with Crippen LogP contribution >= 0.6 is 0 Å². The van der Waals surface area contributed by atoms with Gasteiger partial charge in [0.15, 0.2) is 0 Å². The summed E-state index contributed by atoms with van der Waals surface area (Å²) in [6.07, 6.45) is 1.64. The third kappa shape index (κ3) is 2.32. The highest BCUT2D eigenvalue weighted by molar-refractivity contribution is 5.86. The molecule has 0 atom stereocenters. The lowest BCUT2D eigenvalue weighted by Gasteiger charge is -1.96. The molecular weight excluding hydrogens is 222 g/mol. The summed E-state index contributed by atoms with van der Waals surface area (Å²) in [4.78, 5) is 30.8. The molecule has 0 spiro atoms. The molecule has 0 aromatic carbocycles. The van der Waals surface area contributed by atoms with E-state index in [1.807, 2.05) is 6.92 Å². The molecule has 2 aromatic heterocycles. The van der Waals surface area contributed by atoms with Crippen molar-refractivity contribution in [3.05, 3.63) is 22.1 Å². The van der Waals surface area contributed by atoms with E-state index in [0.29, 0.717) is 5.69 Å². The number of carbonyl (C=O) groups is 1. The Labute approximate surface area is 96.9 Å². The van der Waals surface area contributed by atoms with Crippen LogP contribution in [-0.2, 0) is 11.2 Å². The lowest BCUT2D eigenvalue weighted by atomic mass is 10.2. The van der Waals surface area contributed by atoms with Gasteiger partial charge in [-0.2, -0.15) is 9.50 Å². The van der Waals surface area contributed by atoms with E-state index in [2.05, 4.69) is 20.4 Å². The Hall–Kier alpha value is -2.18. The topological polar surface area (TPSA) is 92.2 Å². The van der Waals surface area contributed by atoms with Gasteiger partial charge in [0, 0.05) is 13.0 Å². The first-order valence-electron chi connectivity index (χ1n) is 5.36. The number of nitrogens with zero attached hydrogens (tertiary/aromatic N) is 3. The van der Waals surface area contributed by atoms with Crippen LogP contribution in [0, 0.1) is 0 Å². The first kappa shape index (κ1) is 11.3. The van der Waals surface area contributed by atoms with Crippen LogP contribution in [-0.4, -0.2) is 25.5 Å². The molecule has 0 saturated heterocycles. The van der Waals surface area contributed by atoms with E-state index in [1.165, 1.54) is 17.5 Å². The van der Waals surface area contributed by atoms with Gasteiger partial charge in [0.1, 0.15) is 0 Å². The minimum absolute atomic E-state index is 0.218. The molecule has 2 aromatic rings. The van der Waals surface area contributed by atoms with Crippen LogP contribution in [0.15, 0.2) is 10.9 Å². The minimum atomic E-state index is -0.258. The zero-order chi connectivity index (χ0) is 12.4. The number of hydrogen-bond donors (Lipinski definition) is 2. The smallest absolute Gasteiger partial charge is 0.274 e. The van der Waals surface area contributed by atoms with Gasteiger partial charge in [0.05, 0.1) is 5.69 Å². The second kappa shape index (κ2) is 4.36. The van der Waals surface area contributed by atoms with Crippen molar-refractivity contribution < 1.29 is 4.79 Å². The van der Waals surface area contributed by atoms with E-state index < -0.39 is 0 Å². The number of aryl methyl sites for hydroxylation is 1. The number of amides is 1. The van der Waals surface area contributed by atoms with Gasteiger partial charge < -0.3 is 0 Å². The Morgan fingerprint density at radius 2 is 2.29 bits per heavy atom. The number of hydrogen-bond acceptors (Lipinski definition) is 4. The Morgan fingerprint density at radius 3 is 2.94 bits per heavy atom. The first-order valence-corrected chi connectivity index (χ1v) is 5.36. The zero-order valence-electron chi connectivity index (χ0n) is 9.65. The number of carbonyl (C=O) groups excluding carboxylic acids is 1. The van der Waals surface area contributed by atoms with Gasteiger partial charge >= 0.3 is 0 Å². The van der Waals surface area contributed by atoms with Gasteiger partial charge in [0.2, 0.25) is 11.9 Å². The molecule has 2 heterocycles. The molecule has 2 N–H and O–H groups in total. The van der Waals surface area contributed by atoms with E-state index in [-0.39, 0.29) is 23.2 Å². The van der Waals surface area contributed by atoms with Gasteiger partial charge in [0.25, 0.3) is 11.3 Å². The summed E-state index contributed by atoms with van der Waals surface area (Å²) >= 11 is 0. The van der Waals surface area contributed by atoms with Crippen molar-refractivity contribution in [2.24, 2.45) is 0 Å². The summed E-state index contributed by atoms with van der Waals surface area (Å²) in [5, 5.41) is 5.13. The molecule has 0 radical (unpaired) electrons. The fourth-order valence-electron chi connectivity index (χ4n) is 1.53. The van der Waals surface area contributed by atoms with E-state index >= 15 is 0 Å². The summed E-state index contributed by atoms with van der Waals surface area (Å²) in [6.45, 7) is 3.38. The van der Waals surface area contributed by atoms with Crippen LogP contribution < -0.4 is 10.9 Å². The molecular formula is C10H13N5O2. The molecule has 0 saturated carbocycles. The van der Waals surface area contributed by atoms with Crippen LogP contribution in [0.1, 0.15) is 26.0 Å². The minimum Gasteiger partial charge on any atom is -0.295 e. The predicted molar refractivity (Wildman–Crippen MR) is 61.9 cm³/mol. The Bertz CT molecular complexity index is 613. The molecule has 17 heavy (non-hydrogen) atoms. The van der Waals surface area contributed by atoms with Gasteiger partial charge in [-0.3, -0.25) is 20.0 Å². The van der Waals surface area contributed by atoms with Crippen molar-refractivity contribution in [2.45, 2.75) is 26.7 Å².